The van der Waals surface area contributed by atoms with Crippen molar-refractivity contribution in [2.45, 2.75) is 32.1 Å². The van der Waals surface area contributed by atoms with Crippen LogP contribution in [0.3, 0.4) is 0 Å². The number of piperidine rings is 1. The fourth-order valence-electron chi connectivity index (χ4n) is 3.02. The Morgan fingerprint density at radius 3 is 2.27 bits per heavy atom. The molecule has 0 bridgehead atoms. The molecule has 0 aromatic heterocycles. The van der Waals surface area contributed by atoms with Gasteiger partial charge in [-0.15, -0.1) is 0 Å². The van der Waals surface area contributed by atoms with Crippen molar-refractivity contribution in [1.29, 1.82) is 0 Å². The highest BCUT2D eigenvalue weighted by molar-refractivity contribution is 5.81. The van der Waals surface area contributed by atoms with Gasteiger partial charge in [-0.1, -0.05) is 12.1 Å². The van der Waals surface area contributed by atoms with Crippen LogP contribution >= 0.6 is 0 Å². The van der Waals surface area contributed by atoms with Crippen LogP contribution in [-0.4, -0.2) is 68.5 Å². The molecule has 0 aliphatic carbocycles. The van der Waals surface area contributed by atoms with Crippen molar-refractivity contribution in [2.75, 3.05) is 32.8 Å². The Kier molecular flexibility index (Phi) is 9.67. The topological polar surface area (TPSA) is 94.2 Å². The Morgan fingerprint density at radius 1 is 1.06 bits per heavy atom. The van der Waals surface area contributed by atoms with Crippen molar-refractivity contribution in [3.63, 3.8) is 0 Å². The van der Waals surface area contributed by atoms with E-state index in [1.54, 1.807) is 12.1 Å². The van der Waals surface area contributed by atoms with Gasteiger partial charge in [-0.05, 0) is 37.0 Å². The Hall–Kier alpha value is -3.12. The van der Waals surface area contributed by atoms with E-state index in [1.807, 2.05) is 0 Å². The number of ether oxygens (including phenoxy) is 3. The average Bonchev–Trinajstić information content (AvgIpc) is 2.76. The Morgan fingerprint density at radius 2 is 1.70 bits per heavy atom. The third-order valence-electron chi connectivity index (χ3n) is 4.68. The normalized spacial score (nSPS) is 14.7. The third kappa shape index (κ3) is 9.91. The summed E-state index contributed by atoms with van der Waals surface area (Å²) in [7, 11) is 0. The minimum atomic E-state index is -4.62. The van der Waals surface area contributed by atoms with E-state index in [2.05, 4.69) is 14.8 Å². The molecule has 0 atom stereocenters. The lowest BCUT2D eigenvalue weighted by molar-refractivity contribution is -0.163. The van der Waals surface area contributed by atoms with Crippen LogP contribution in [0.1, 0.15) is 18.4 Å². The predicted octanol–water partition coefficient (Wildman–Crippen LogP) is 2.90. The standard InChI is InChI=1S/C20H23F5N2O6/c21-18(22)33-15-3-1-13(2-4-15)5-8-26-16(28)11-31-17(29)14-6-9-27(10-7-14)19(30)32-12-20(23,24)25/h1-4,14,18H,5-12H2,(H,26,28). The van der Waals surface area contributed by atoms with Crippen LogP contribution < -0.4 is 10.1 Å². The number of hydrogen-bond donors (Lipinski definition) is 1. The summed E-state index contributed by atoms with van der Waals surface area (Å²) in [6.07, 6.45) is -4.96. The van der Waals surface area contributed by atoms with Crippen LogP contribution in [0.2, 0.25) is 0 Å². The first-order chi connectivity index (χ1) is 15.5. The zero-order valence-corrected chi connectivity index (χ0v) is 17.4. The minimum absolute atomic E-state index is 0.0220. The van der Waals surface area contributed by atoms with E-state index in [4.69, 9.17) is 4.74 Å². The number of hydrogen-bond acceptors (Lipinski definition) is 6. The van der Waals surface area contributed by atoms with Crippen LogP contribution in [-0.2, 0) is 25.5 Å². The van der Waals surface area contributed by atoms with Crippen molar-refractivity contribution in [3.8, 4) is 5.75 Å². The molecule has 0 saturated carbocycles. The van der Waals surface area contributed by atoms with Crippen molar-refractivity contribution in [2.24, 2.45) is 5.92 Å². The zero-order chi connectivity index (χ0) is 24.4. The molecular weight excluding hydrogens is 459 g/mol. The number of carbonyl (C=O) groups is 3. The summed E-state index contributed by atoms with van der Waals surface area (Å²) >= 11 is 0. The molecule has 33 heavy (non-hydrogen) atoms. The number of alkyl halides is 5. The van der Waals surface area contributed by atoms with Gasteiger partial charge < -0.3 is 24.4 Å². The zero-order valence-electron chi connectivity index (χ0n) is 17.4. The fourth-order valence-corrected chi connectivity index (χ4v) is 3.02. The van der Waals surface area contributed by atoms with Crippen LogP contribution in [0, 0.1) is 5.92 Å². The number of benzene rings is 1. The maximum absolute atomic E-state index is 12.1. The largest absolute Gasteiger partial charge is 0.455 e. The first kappa shape index (κ1) is 26.1. The van der Waals surface area contributed by atoms with Crippen LogP contribution in [0.4, 0.5) is 26.7 Å². The predicted molar refractivity (Wildman–Crippen MR) is 102 cm³/mol. The molecule has 184 valence electrons. The summed E-state index contributed by atoms with van der Waals surface area (Å²) in [6.45, 7) is -4.81. The quantitative estimate of drug-likeness (QED) is 0.430. The molecular formula is C20H23F5N2O6. The molecule has 0 radical (unpaired) electrons. The second-order valence-electron chi connectivity index (χ2n) is 7.16. The molecule has 8 nitrogen and oxygen atoms in total. The highest BCUT2D eigenvalue weighted by Crippen LogP contribution is 2.21. The minimum Gasteiger partial charge on any atom is -0.455 e. The smallest absolute Gasteiger partial charge is 0.422 e. The summed E-state index contributed by atoms with van der Waals surface area (Å²) in [5, 5.41) is 2.56. The number of carbonyl (C=O) groups excluding carboxylic acids is 3. The Bertz CT molecular complexity index is 795. The number of nitrogens with one attached hydrogen (secondary N) is 1. The monoisotopic (exact) mass is 482 g/mol. The second kappa shape index (κ2) is 12.2. The molecule has 1 fully saturated rings. The molecule has 1 aliphatic heterocycles. The van der Waals surface area contributed by atoms with E-state index < -0.39 is 49.9 Å². The van der Waals surface area contributed by atoms with Gasteiger partial charge in [-0.3, -0.25) is 9.59 Å². The number of amides is 2. The number of likely N-dealkylation sites (tertiary alicyclic amines) is 1. The Balaban J connectivity index is 1.61. The summed E-state index contributed by atoms with van der Waals surface area (Å²) in [5.41, 5.74) is 0.773. The maximum Gasteiger partial charge on any atom is 0.422 e. The van der Waals surface area contributed by atoms with E-state index in [1.165, 1.54) is 12.1 Å². The lowest BCUT2D eigenvalue weighted by atomic mass is 9.97. The fraction of sp³-hybridized carbons (Fsp3) is 0.550. The lowest BCUT2D eigenvalue weighted by Gasteiger charge is -2.30. The van der Waals surface area contributed by atoms with Gasteiger partial charge in [0, 0.05) is 19.6 Å². The maximum atomic E-state index is 12.1. The molecule has 0 spiro atoms. The van der Waals surface area contributed by atoms with E-state index in [0.717, 1.165) is 10.5 Å². The average molecular weight is 482 g/mol. The number of rotatable bonds is 9. The first-order valence-corrected chi connectivity index (χ1v) is 9.99. The van der Waals surface area contributed by atoms with E-state index in [-0.39, 0.29) is 38.2 Å². The lowest BCUT2D eigenvalue weighted by Crippen LogP contribution is -2.42. The van der Waals surface area contributed by atoms with Gasteiger partial charge in [-0.25, -0.2) is 4.79 Å². The van der Waals surface area contributed by atoms with Crippen LogP contribution in [0.25, 0.3) is 0 Å². The number of halogens is 5. The van der Waals surface area contributed by atoms with Gasteiger partial charge >= 0.3 is 24.9 Å². The second-order valence-corrected chi connectivity index (χ2v) is 7.16. The van der Waals surface area contributed by atoms with Crippen molar-refractivity contribution >= 4 is 18.0 Å². The van der Waals surface area contributed by atoms with E-state index in [9.17, 15) is 36.3 Å². The molecule has 13 heteroatoms. The van der Waals surface area contributed by atoms with E-state index in [0.29, 0.717) is 6.42 Å². The first-order valence-electron chi connectivity index (χ1n) is 9.99. The van der Waals surface area contributed by atoms with E-state index >= 15 is 0 Å². The van der Waals surface area contributed by atoms with Gasteiger partial charge in [0.25, 0.3) is 5.91 Å². The third-order valence-corrected chi connectivity index (χ3v) is 4.68. The summed E-state index contributed by atoms with van der Waals surface area (Å²) in [4.78, 5) is 36.6. The summed E-state index contributed by atoms with van der Waals surface area (Å²) in [6, 6.07) is 5.92. The van der Waals surface area contributed by atoms with Gasteiger partial charge in [0.2, 0.25) is 0 Å². The Labute approximate surface area is 185 Å². The van der Waals surface area contributed by atoms with Crippen molar-refractivity contribution < 1.29 is 50.5 Å². The molecule has 1 aromatic carbocycles. The van der Waals surface area contributed by atoms with Gasteiger partial charge in [0.1, 0.15) is 5.75 Å². The molecule has 2 rings (SSSR count). The molecule has 1 saturated heterocycles. The molecule has 1 aromatic rings. The van der Waals surface area contributed by atoms with Crippen LogP contribution in [0.5, 0.6) is 5.75 Å². The highest BCUT2D eigenvalue weighted by atomic mass is 19.4. The molecule has 0 unspecified atom stereocenters. The molecule has 2 amide bonds. The van der Waals surface area contributed by atoms with Gasteiger partial charge in [-0.2, -0.15) is 22.0 Å². The SMILES string of the molecule is O=C(COC(=O)C1CCN(C(=O)OCC(F)(F)F)CC1)NCCc1ccc(OC(F)F)cc1. The molecule has 1 aliphatic rings. The van der Waals surface area contributed by atoms with Gasteiger partial charge in [0.05, 0.1) is 5.92 Å². The van der Waals surface area contributed by atoms with Crippen molar-refractivity contribution in [1.82, 2.24) is 10.2 Å². The summed E-state index contributed by atoms with van der Waals surface area (Å²) in [5.74, 6) is -1.73. The van der Waals surface area contributed by atoms with Crippen LogP contribution in [0.15, 0.2) is 24.3 Å². The van der Waals surface area contributed by atoms with Crippen molar-refractivity contribution in [3.05, 3.63) is 29.8 Å². The molecule has 1 N–H and O–H groups in total. The molecule has 1 heterocycles. The van der Waals surface area contributed by atoms with Gasteiger partial charge in [0.15, 0.2) is 13.2 Å². The summed E-state index contributed by atoms with van der Waals surface area (Å²) < 4.78 is 73.9. The number of nitrogens with zero attached hydrogens (tertiary/aromatic N) is 1. The number of esters is 1. The highest BCUT2D eigenvalue weighted by Gasteiger charge is 2.33.